The summed E-state index contributed by atoms with van der Waals surface area (Å²) in [6.07, 6.45) is 0. The Balaban J connectivity index is 2.28. The van der Waals surface area contributed by atoms with Gasteiger partial charge in [-0.15, -0.1) is 0 Å². The van der Waals surface area contributed by atoms with Crippen molar-refractivity contribution in [2.45, 2.75) is 26.8 Å². The first kappa shape index (κ1) is 11.7. The molecule has 0 unspecified atom stereocenters. The fourth-order valence-corrected chi connectivity index (χ4v) is 1.68. The Hall–Kier alpha value is -1.82. The molecule has 0 aromatic heterocycles. The maximum absolute atomic E-state index is 6.99. The van der Waals surface area contributed by atoms with Gasteiger partial charge in [0, 0.05) is 5.56 Å². The summed E-state index contributed by atoms with van der Waals surface area (Å²) in [7, 11) is 0. The zero-order valence-electron chi connectivity index (χ0n) is 10.4. The summed E-state index contributed by atoms with van der Waals surface area (Å²) in [5.41, 5.74) is 1.62. The molecule has 2 rings (SSSR count). The SMILES string of the molecule is [C-]#[N+]c1cccc(C2=N[C@H](C(C)(C)C)CO2)c1. The van der Waals surface area contributed by atoms with Gasteiger partial charge in [0.15, 0.2) is 5.69 Å². The second-order valence-electron chi connectivity index (χ2n) is 5.29. The molecule has 88 valence electrons. The average molecular weight is 228 g/mol. The molecule has 0 saturated heterocycles. The van der Waals surface area contributed by atoms with E-state index in [1.165, 1.54) is 0 Å². The average Bonchev–Trinajstić information content (AvgIpc) is 2.78. The van der Waals surface area contributed by atoms with E-state index < -0.39 is 0 Å². The van der Waals surface area contributed by atoms with Gasteiger partial charge in [-0.25, -0.2) is 9.84 Å². The van der Waals surface area contributed by atoms with Gasteiger partial charge in [-0.2, -0.15) is 0 Å². The van der Waals surface area contributed by atoms with Crippen LogP contribution < -0.4 is 0 Å². The third-order valence-electron chi connectivity index (χ3n) is 2.87. The molecule has 1 heterocycles. The molecule has 3 nitrogen and oxygen atoms in total. The highest BCUT2D eigenvalue weighted by Crippen LogP contribution is 2.28. The Morgan fingerprint density at radius 3 is 2.76 bits per heavy atom. The van der Waals surface area contributed by atoms with Gasteiger partial charge in [0.2, 0.25) is 5.90 Å². The van der Waals surface area contributed by atoms with E-state index in [1.54, 1.807) is 6.07 Å². The maximum Gasteiger partial charge on any atom is 0.215 e. The fraction of sp³-hybridized carbons (Fsp3) is 0.429. The molecule has 3 heteroatoms. The highest BCUT2D eigenvalue weighted by molar-refractivity contribution is 5.96. The van der Waals surface area contributed by atoms with Crippen molar-refractivity contribution in [3.8, 4) is 0 Å². The van der Waals surface area contributed by atoms with Crippen LogP contribution in [0.15, 0.2) is 29.3 Å². The summed E-state index contributed by atoms with van der Waals surface area (Å²) in [5, 5.41) is 0. The van der Waals surface area contributed by atoms with Crippen molar-refractivity contribution < 1.29 is 4.74 Å². The van der Waals surface area contributed by atoms with Gasteiger partial charge in [0.05, 0.1) is 12.6 Å². The second kappa shape index (κ2) is 4.21. The largest absolute Gasteiger partial charge is 0.475 e. The molecule has 17 heavy (non-hydrogen) atoms. The molecule has 0 saturated carbocycles. The third-order valence-corrected chi connectivity index (χ3v) is 2.87. The first-order valence-electron chi connectivity index (χ1n) is 5.69. The van der Waals surface area contributed by atoms with E-state index in [-0.39, 0.29) is 11.5 Å². The standard InChI is InChI=1S/C14H16N2O/c1-14(2,3)12-9-17-13(16-12)10-6-5-7-11(8-10)15-4/h5-8,12H,9H2,1-3H3/t12-/m0/s1. The summed E-state index contributed by atoms with van der Waals surface area (Å²) >= 11 is 0. The van der Waals surface area contributed by atoms with Crippen LogP contribution in [0.5, 0.6) is 0 Å². The van der Waals surface area contributed by atoms with E-state index in [4.69, 9.17) is 11.3 Å². The first-order valence-corrected chi connectivity index (χ1v) is 5.69. The van der Waals surface area contributed by atoms with Crippen LogP contribution in [0.25, 0.3) is 4.85 Å². The molecular formula is C14H16N2O. The summed E-state index contributed by atoms with van der Waals surface area (Å²) in [5.74, 6) is 0.662. The zero-order valence-corrected chi connectivity index (χ0v) is 10.4. The van der Waals surface area contributed by atoms with Gasteiger partial charge in [-0.05, 0) is 11.5 Å². The normalized spacial score (nSPS) is 19.4. The van der Waals surface area contributed by atoms with Crippen LogP contribution in [0.2, 0.25) is 0 Å². The van der Waals surface area contributed by atoms with Crippen molar-refractivity contribution in [1.29, 1.82) is 0 Å². The number of rotatable bonds is 1. The van der Waals surface area contributed by atoms with Gasteiger partial charge in [0.25, 0.3) is 0 Å². The molecule has 0 amide bonds. The smallest absolute Gasteiger partial charge is 0.215 e. The van der Waals surface area contributed by atoms with Crippen molar-refractivity contribution in [2.24, 2.45) is 10.4 Å². The molecule has 1 aromatic carbocycles. The summed E-state index contributed by atoms with van der Waals surface area (Å²) in [6.45, 7) is 14.1. The van der Waals surface area contributed by atoms with Crippen LogP contribution in [-0.2, 0) is 4.74 Å². The Labute approximate surface area is 102 Å². The van der Waals surface area contributed by atoms with Gasteiger partial charge < -0.3 is 4.74 Å². The van der Waals surface area contributed by atoms with Gasteiger partial charge in [-0.3, -0.25) is 0 Å². The molecule has 0 N–H and O–H groups in total. The fourth-order valence-electron chi connectivity index (χ4n) is 1.68. The van der Waals surface area contributed by atoms with E-state index in [2.05, 4.69) is 30.6 Å². The van der Waals surface area contributed by atoms with E-state index in [0.29, 0.717) is 18.2 Å². The minimum atomic E-state index is 0.110. The van der Waals surface area contributed by atoms with Crippen LogP contribution in [0.3, 0.4) is 0 Å². The summed E-state index contributed by atoms with van der Waals surface area (Å²) < 4.78 is 5.62. The van der Waals surface area contributed by atoms with Crippen LogP contribution in [0.4, 0.5) is 5.69 Å². The summed E-state index contributed by atoms with van der Waals surface area (Å²) in [4.78, 5) is 8.01. The van der Waals surface area contributed by atoms with Gasteiger partial charge in [-0.1, -0.05) is 39.0 Å². The Bertz CT molecular complexity index is 492. The minimum absolute atomic E-state index is 0.110. The van der Waals surface area contributed by atoms with E-state index in [0.717, 1.165) is 5.56 Å². The number of hydrogen-bond acceptors (Lipinski definition) is 2. The number of hydrogen-bond donors (Lipinski definition) is 0. The van der Waals surface area contributed by atoms with Crippen LogP contribution in [-0.4, -0.2) is 18.5 Å². The zero-order chi connectivity index (χ0) is 12.5. The molecular weight excluding hydrogens is 212 g/mol. The molecule has 0 aliphatic carbocycles. The Kier molecular flexibility index (Phi) is 2.89. The minimum Gasteiger partial charge on any atom is -0.475 e. The monoisotopic (exact) mass is 228 g/mol. The van der Waals surface area contributed by atoms with Gasteiger partial charge >= 0.3 is 0 Å². The van der Waals surface area contributed by atoms with Crippen LogP contribution >= 0.6 is 0 Å². The molecule has 1 aliphatic rings. The predicted molar refractivity (Wildman–Crippen MR) is 68.4 cm³/mol. The quantitative estimate of drug-likeness (QED) is 0.676. The topological polar surface area (TPSA) is 25.9 Å². The Morgan fingerprint density at radius 2 is 2.18 bits per heavy atom. The van der Waals surface area contributed by atoms with Crippen molar-refractivity contribution in [3.63, 3.8) is 0 Å². The van der Waals surface area contributed by atoms with E-state index in [9.17, 15) is 0 Å². The number of nitrogens with zero attached hydrogens (tertiary/aromatic N) is 2. The lowest BCUT2D eigenvalue weighted by atomic mass is 9.88. The van der Waals surface area contributed by atoms with Crippen LogP contribution in [0, 0.1) is 12.0 Å². The predicted octanol–water partition coefficient (Wildman–Crippen LogP) is 3.43. The summed E-state index contributed by atoms with van der Waals surface area (Å²) in [6, 6.07) is 7.58. The molecule has 0 fully saturated rings. The number of benzene rings is 1. The molecule has 1 aromatic rings. The molecule has 0 bridgehead atoms. The van der Waals surface area contributed by atoms with Crippen molar-refractivity contribution in [2.75, 3.05) is 6.61 Å². The van der Waals surface area contributed by atoms with Crippen molar-refractivity contribution in [3.05, 3.63) is 41.2 Å². The Morgan fingerprint density at radius 1 is 1.41 bits per heavy atom. The van der Waals surface area contributed by atoms with Crippen LogP contribution in [0.1, 0.15) is 26.3 Å². The molecule has 1 aliphatic heterocycles. The number of ether oxygens (including phenoxy) is 1. The molecule has 0 radical (unpaired) electrons. The third kappa shape index (κ3) is 2.47. The lowest BCUT2D eigenvalue weighted by Crippen LogP contribution is -2.25. The highest BCUT2D eigenvalue weighted by atomic mass is 16.5. The maximum atomic E-state index is 6.99. The lowest BCUT2D eigenvalue weighted by Gasteiger charge is -2.21. The van der Waals surface area contributed by atoms with Crippen molar-refractivity contribution >= 4 is 11.6 Å². The van der Waals surface area contributed by atoms with E-state index in [1.807, 2.05) is 18.2 Å². The molecule has 0 spiro atoms. The lowest BCUT2D eigenvalue weighted by molar-refractivity contribution is 0.236. The highest BCUT2D eigenvalue weighted by Gasteiger charge is 2.30. The first-order chi connectivity index (χ1) is 8.00. The van der Waals surface area contributed by atoms with Gasteiger partial charge in [0.1, 0.15) is 6.61 Å². The van der Waals surface area contributed by atoms with E-state index >= 15 is 0 Å². The number of aliphatic imine (C=N–C) groups is 1. The second-order valence-corrected chi connectivity index (χ2v) is 5.29. The molecule has 1 atom stereocenters. The van der Waals surface area contributed by atoms with Crippen molar-refractivity contribution in [1.82, 2.24) is 0 Å².